The third-order valence-electron chi connectivity index (χ3n) is 4.81. The molecule has 0 saturated carbocycles. The van der Waals surface area contributed by atoms with Gasteiger partial charge in [0.15, 0.2) is 0 Å². The Hall–Kier alpha value is -2.14. The lowest BCUT2D eigenvalue weighted by atomic mass is 10.1. The van der Waals surface area contributed by atoms with Gasteiger partial charge in [0.25, 0.3) is 0 Å². The predicted octanol–water partition coefficient (Wildman–Crippen LogP) is 2.45. The summed E-state index contributed by atoms with van der Waals surface area (Å²) in [5, 5.41) is 7.44. The first-order valence-corrected chi connectivity index (χ1v) is 8.59. The predicted molar refractivity (Wildman–Crippen MR) is 95.1 cm³/mol. The van der Waals surface area contributed by atoms with Crippen LogP contribution in [0.25, 0.3) is 5.69 Å². The van der Waals surface area contributed by atoms with E-state index in [1.54, 1.807) is 6.92 Å². The molecular formula is C19H26N4O. The van der Waals surface area contributed by atoms with Crippen LogP contribution in [0.2, 0.25) is 0 Å². The normalized spacial score (nSPS) is 18.0. The van der Waals surface area contributed by atoms with Crippen LogP contribution in [-0.2, 0) is 11.3 Å². The van der Waals surface area contributed by atoms with Gasteiger partial charge in [-0.1, -0.05) is 6.07 Å². The van der Waals surface area contributed by atoms with E-state index in [2.05, 4.69) is 53.6 Å². The second kappa shape index (κ2) is 7.18. The van der Waals surface area contributed by atoms with Gasteiger partial charge in [-0.25, -0.2) is 4.68 Å². The van der Waals surface area contributed by atoms with Crippen molar-refractivity contribution in [1.82, 2.24) is 20.0 Å². The largest absolute Gasteiger partial charge is 0.356 e. The first-order chi connectivity index (χ1) is 11.5. The molecule has 2 heterocycles. The van der Waals surface area contributed by atoms with E-state index >= 15 is 0 Å². The van der Waals surface area contributed by atoms with Crippen molar-refractivity contribution < 1.29 is 4.79 Å². The molecule has 0 radical (unpaired) electrons. The number of rotatable bonds is 5. The molecule has 1 amide bonds. The summed E-state index contributed by atoms with van der Waals surface area (Å²) in [6.45, 7) is 9.65. The molecule has 0 spiro atoms. The monoisotopic (exact) mass is 326 g/mol. The number of carbonyl (C=O) groups excluding carboxylic acids is 1. The quantitative estimate of drug-likeness (QED) is 0.918. The van der Waals surface area contributed by atoms with Crippen molar-refractivity contribution in [3.63, 3.8) is 0 Å². The molecule has 1 unspecified atom stereocenters. The van der Waals surface area contributed by atoms with Crippen molar-refractivity contribution in [2.75, 3.05) is 19.6 Å². The van der Waals surface area contributed by atoms with Gasteiger partial charge in [-0.05, 0) is 56.0 Å². The Kier molecular flexibility index (Phi) is 5.00. The SMILES string of the molecule is CC(=O)NCC1CCN(Cc2cnn(-c3ccc(C)c(C)c3)c2)C1. The fourth-order valence-electron chi connectivity index (χ4n) is 3.22. The van der Waals surface area contributed by atoms with E-state index in [4.69, 9.17) is 0 Å². The summed E-state index contributed by atoms with van der Waals surface area (Å²) < 4.78 is 1.95. The summed E-state index contributed by atoms with van der Waals surface area (Å²) in [6.07, 6.45) is 5.22. The van der Waals surface area contributed by atoms with E-state index in [0.717, 1.165) is 38.3 Å². The maximum atomic E-state index is 11.0. The molecule has 1 saturated heterocycles. The van der Waals surface area contributed by atoms with Gasteiger partial charge in [0.1, 0.15) is 0 Å². The van der Waals surface area contributed by atoms with E-state index in [0.29, 0.717) is 5.92 Å². The van der Waals surface area contributed by atoms with Gasteiger partial charge >= 0.3 is 0 Å². The van der Waals surface area contributed by atoms with Crippen LogP contribution in [0.5, 0.6) is 0 Å². The summed E-state index contributed by atoms with van der Waals surface area (Å²) >= 11 is 0. The standard InChI is InChI=1S/C19H26N4O/c1-14-4-5-19(8-15(14)2)23-13-18(10-21-23)12-22-7-6-17(11-22)9-20-16(3)24/h4-5,8,10,13,17H,6-7,9,11-12H2,1-3H3,(H,20,24). The summed E-state index contributed by atoms with van der Waals surface area (Å²) in [7, 11) is 0. The molecule has 1 aromatic heterocycles. The summed E-state index contributed by atoms with van der Waals surface area (Å²) in [4.78, 5) is 13.5. The Morgan fingerprint density at radius 3 is 2.92 bits per heavy atom. The zero-order valence-electron chi connectivity index (χ0n) is 14.7. The maximum absolute atomic E-state index is 11.0. The minimum Gasteiger partial charge on any atom is -0.356 e. The molecule has 0 bridgehead atoms. The Labute approximate surface area is 143 Å². The van der Waals surface area contributed by atoms with Crippen LogP contribution < -0.4 is 5.32 Å². The molecule has 128 valence electrons. The van der Waals surface area contributed by atoms with Crippen molar-refractivity contribution in [2.45, 2.75) is 33.7 Å². The fraction of sp³-hybridized carbons (Fsp3) is 0.474. The van der Waals surface area contributed by atoms with Crippen LogP contribution in [0.4, 0.5) is 0 Å². The van der Waals surface area contributed by atoms with Crippen LogP contribution in [-0.4, -0.2) is 40.2 Å². The Balaban J connectivity index is 1.58. The minimum atomic E-state index is 0.0584. The maximum Gasteiger partial charge on any atom is 0.216 e. The number of nitrogens with one attached hydrogen (secondary N) is 1. The van der Waals surface area contributed by atoms with E-state index in [1.807, 2.05) is 10.9 Å². The molecule has 1 aromatic carbocycles. The molecule has 24 heavy (non-hydrogen) atoms. The number of hydrogen-bond donors (Lipinski definition) is 1. The van der Waals surface area contributed by atoms with Gasteiger partial charge in [-0.15, -0.1) is 0 Å². The zero-order chi connectivity index (χ0) is 17.1. The third-order valence-corrected chi connectivity index (χ3v) is 4.81. The van der Waals surface area contributed by atoms with Gasteiger partial charge in [-0.2, -0.15) is 5.10 Å². The van der Waals surface area contributed by atoms with Crippen LogP contribution in [0.1, 0.15) is 30.0 Å². The average molecular weight is 326 g/mol. The van der Waals surface area contributed by atoms with Gasteiger partial charge in [-0.3, -0.25) is 9.69 Å². The van der Waals surface area contributed by atoms with Crippen molar-refractivity contribution in [2.24, 2.45) is 5.92 Å². The highest BCUT2D eigenvalue weighted by atomic mass is 16.1. The highest BCUT2D eigenvalue weighted by molar-refractivity contribution is 5.72. The Morgan fingerprint density at radius 1 is 1.33 bits per heavy atom. The lowest BCUT2D eigenvalue weighted by molar-refractivity contribution is -0.119. The molecule has 5 nitrogen and oxygen atoms in total. The molecular weight excluding hydrogens is 300 g/mol. The van der Waals surface area contributed by atoms with E-state index in [1.165, 1.54) is 16.7 Å². The number of likely N-dealkylation sites (tertiary alicyclic amines) is 1. The minimum absolute atomic E-state index is 0.0584. The highest BCUT2D eigenvalue weighted by Gasteiger charge is 2.22. The second-order valence-corrected chi connectivity index (χ2v) is 6.89. The summed E-state index contributed by atoms with van der Waals surface area (Å²) in [6, 6.07) is 6.42. The molecule has 1 aliphatic heterocycles. The zero-order valence-corrected chi connectivity index (χ0v) is 14.7. The molecule has 5 heteroatoms. The Morgan fingerprint density at radius 2 is 2.17 bits per heavy atom. The molecule has 1 atom stereocenters. The molecule has 1 aliphatic rings. The summed E-state index contributed by atoms with van der Waals surface area (Å²) in [5.41, 5.74) is 4.92. The van der Waals surface area contributed by atoms with E-state index in [-0.39, 0.29) is 5.91 Å². The van der Waals surface area contributed by atoms with Gasteiger partial charge in [0.05, 0.1) is 11.9 Å². The molecule has 1 fully saturated rings. The molecule has 3 rings (SSSR count). The number of aryl methyl sites for hydroxylation is 2. The van der Waals surface area contributed by atoms with Crippen LogP contribution in [0.3, 0.4) is 0 Å². The van der Waals surface area contributed by atoms with Crippen molar-refractivity contribution in [3.05, 3.63) is 47.3 Å². The van der Waals surface area contributed by atoms with E-state index in [9.17, 15) is 4.79 Å². The first-order valence-electron chi connectivity index (χ1n) is 8.59. The van der Waals surface area contributed by atoms with Crippen LogP contribution in [0, 0.1) is 19.8 Å². The van der Waals surface area contributed by atoms with E-state index < -0.39 is 0 Å². The first kappa shape index (κ1) is 16.7. The van der Waals surface area contributed by atoms with Gasteiger partial charge in [0.2, 0.25) is 5.91 Å². The second-order valence-electron chi connectivity index (χ2n) is 6.89. The number of hydrogen-bond acceptors (Lipinski definition) is 3. The summed E-state index contributed by atoms with van der Waals surface area (Å²) in [5.74, 6) is 0.617. The number of carbonyl (C=O) groups is 1. The highest BCUT2D eigenvalue weighted by Crippen LogP contribution is 2.19. The third kappa shape index (κ3) is 4.03. The number of nitrogens with zero attached hydrogens (tertiary/aromatic N) is 3. The average Bonchev–Trinajstić information content (AvgIpc) is 3.18. The molecule has 0 aliphatic carbocycles. The number of benzene rings is 1. The topological polar surface area (TPSA) is 50.2 Å². The fourth-order valence-corrected chi connectivity index (χ4v) is 3.22. The smallest absolute Gasteiger partial charge is 0.216 e. The molecule has 2 aromatic rings. The lowest BCUT2D eigenvalue weighted by Crippen LogP contribution is -2.29. The lowest BCUT2D eigenvalue weighted by Gasteiger charge is -2.15. The number of aromatic nitrogens is 2. The van der Waals surface area contributed by atoms with Crippen molar-refractivity contribution in [1.29, 1.82) is 0 Å². The molecule has 1 N–H and O–H groups in total. The van der Waals surface area contributed by atoms with Crippen LogP contribution >= 0.6 is 0 Å². The van der Waals surface area contributed by atoms with Gasteiger partial charge in [0, 0.05) is 38.3 Å². The van der Waals surface area contributed by atoms with Crippen LogP contribution in [0.15, 0.2) is 30.6 Å². The van der Waals surface area contributed by atoms with Gasteiger partial charge < -0.3 is 5.32 Å². The van der Waals surface area contributed by atoms with Crippen molar-refractivity contribution in [3.8, 4) is 5.69 Å². The number of amides is 1. The Bertz CT molecular complexity index is 722. The van der Waals surface area contributed by atoms with Crippen molar-refractivity contribution >= 4 is 5.91 Å².